The van der Waals surface area contributed by atoms with Crippen molar-refractivity contribution < 1.29 is 0 Å². The van der Waals surface area contributed by atoms with Crippen LogP contribution in [0.5, 0.6) is 0 Å². The van der Waals surface area contributed by atoms with Crippen LogP contribution in [-0.4, -0.2) is 21.5 Å². The first kappa shape index (κ1) is 13.5. The molecule has 0 aliphatic carbocycles. The zero-order chi connectivity index (χ0) is 13.0. The topological polar surface area (TPSA) is 62.7 Å². The molecule has 0 unspecified atom stereocenters. The van der Waals surface area contributed by atoms with Crippen molar-refractivity contribution in [3.05, 3.63) is 26.1 Å². The van der Waals surface area contributed by atoms with E-state index in [1.807, 2.05) is 19.1 Å². The Balaban J connectivity index is 2.04. The molecular weight excluding hydrogens is 338 g/mol. The molecule has 0 fully saturated rings. The first-order valence-electron chi connectivity index (χ1n) is 5.31. The predicted molar refractivity (Wildman–Crippen MR) is 78.3 cm³/mol. The second-order valence-electron chi connectivity index (χ2n) is 3.34. The molecule has 2 aromatic heterocycles. The molecule has 8 heteroatoms. The molecule has 0 saturated carbocycles. The summed E-state index contributed by atoms with van der Waals surface area (Å²) < 4.78 is 1.10. The zero-order valence-corrected chi connectivity index (χ0v) is 12.7. The highest BCUT2D eigenvalue weighted by atomic mass is 79.9. The molecule has 2 heterocycles. The van der Waals surface area contributed by atoms with Crippen molar-refractivity contribution in [2.75, 3.05) is 17.2 Å². The van der Waals surface area contributed by atoms with Gasteiger partial charge in [0.05, 0.1) is 10.3 Å². The molecule has 2 N–H and O–H groups in total. The number of halogens is 2. The molecule has 96 valence electrons. The summed E-state index contributed by atoms with van der Waals surface area (Å²) in [5, 5.41) is 6.29. The minimum atomic E-state index is 0.177. The van der Waals surface area contributed by atoms with Gasteiger partial charge in [-0.1, -0.05) is 0 Å². The summed E-state index contributed by atoms with van der Waals surface area (Å²) in [6, 6.07) is 4.04. The Hall–Kier alpha value is -0.920. The number of rotatable bonds is 5. The van der Waals surface area contributed by atoms with E-state index in [1.165, 1.54) is 4.88 Å². The monoisotopic (exact) mass is 347 g/mol. The average Bonchev–Trinajstić information content (AvgIpc) is 2.72. The van der Waals surface area contributed by atoms with Gasteiger partial charge >= 0.3 is 0 Å². The van der Waals surface area contributed by atoms with Crippen molar-refractivity contribution in [3.8, 4) is 0 Å². The Labute approximate surface area is 122 Å². The molecule has 0 saturated heterocycles. The van der Waals surface area contributed by atoms with E-state index in [0.29, 0.717) is 18.4 Å². The Morgan fingerprint density at radius 1 is 1.22 bits per heavy atom. The van der Waals surface area contributed by atoms with Crippen LogP contribution in [0, 0.1) is 0 Å². The fraction of sp³-hybridized carbons (Fsp3) is 0.300. The van der Waals surface area contributed by atoms with E-state index in [9.17, 15) is 0 Å². The van der Waals surface area contributed by atoms with Crippen LogP contribution in [-0.2, 0) is 6.54 Å². The Morgan fingerprint density at radius 2 is 1.94 bits per heavy atom. The van der Waals surface area contributed by atoms with Gasteiger partial charge in [0.2, 0.25) is 17.2 Å². The second-order valence-corrected chi connectivity index (χ2v) is 6.23. The Kier molecular flexibility index (Phi) is 4.73. The number of hydrogen-bond donors (Lipinski definition) is 2. The number of aromatic nitrogens is 3. The van der Waals surface area contributed by atoms with Crippen LogP contribution in [0.4, 0.5) is 11.9 Å². The van der Waals surface area contributed by atoms with Gasteiger partial charge in [-0.15, -0.1) is 11.3 Å². The number of anilines is 2. The summed E-state index contributed by atoms with van der Waals surface area (Å²) in [6.07, 6.45) is 0. The largest absolute Gasteiger partial charge is 0.354 e. The fourth-order valence-electron chi connectivity index (χ4n) is 1.28. The number of hydrogen-bond acceptors (Lipinski definition) is 6. The molecular formula is C10H11BrClN5S. The molecule has 0 amide bonds. The van der Waals surface area contributed by atoms with Gasteiger partial charge in [0.25, 0.3) is 0 Å². The van der Waals surface area contributed by atoms with Gasteiger partial charge in [0.1, 0.15) is 0 Å². The van der Waals surface area contributed by atoms with Crippen LogP contribution in [0.3, 0.4) is 0 Å². The Morgan fingerprint density at radius 3 is 2.56 bits per heavy atom. The van der Waals surface area contributed by atoms with Crippen molar-refractivity contribution in [3.63, 3.8) is 0 Å². The third kappa shape index (κ3) is 3.79. The van der Waals surface area contributed by atoms with Gasteiger partial charge < -0.3 is 10.6 Å². The van der Waals surface area contributed by atoms with Gasteiger partial charge in [-0.2, -0.15) is 15.0 Å². The van der Waals surface area contributed by atoms with Gasteiger partial charge in [-0.3, -0.25) is 0 Å². The number of nitrogens with zero attached hydrogens (tertiary/aromatic N) is 3. The van der Waals surface area contributed by atoms with Gasteiger partial charge in [0.15, 0.2) is 0 Å². The zero-order valence-electron chi connectivity index (χ0n) is 9.57. The van der Waals surface area contributed by atoms with E-state index in [-0.39, 0.29) is 5.28 Å². The van der Waals surface area contributed by atoms with Crippen molar-refractivity contribution in [2.45, 2.75) is 13.5 Å². The summed E-state index contributed by atoms with van der Waals surface area (Å²) in [4.78, 5) is 13.4. The van der Waals surface area contributed by atoms with Crippen LogP contribution < -0.4 is 10.6 Å². The predicted octanol–water partition coefficient (Wildman–Crippen LogP) is 3.39. The van der Waals surface area contributed by atoms with Crippen molar-refractivity contribution in [2.24, 2.45) is 0 Å². The van der Waals surface area contributed by atoms with Crippen molar-refractivity contribution >= 4 is 50.8 Å². The summed E-state index contributed by atoms with van der Waals surface area (Å²) in [7, 11) is 0. The lowest BCUT2D eigenvalue weighted by Gasteiger charge is -2.06. The molecule has 0 spiro atoms. The minimum Gasteiger partial charge on any atom is -0.354 e. The molecule has 0 bridgehead atoms. The third-order valence-electron chi connectivity index (χ3n) is 1.99. The first-order chi connectivity index (χ1) is 8.67. The van der Waals surface area contributed by atoms with E-state index in [0.717, 1.165) is 10.3 Å². The van der Waals surface area contributed by atoms with E-state index >= 15 is 0 Å². The minimum absolute atomic E-state index is 0.177. The highest BCUT2D eigenvalue weighted by molar-refractivity contribution is 9.11. The first-order valence-corrected chi connectivity index (χ1v) is 7.29. The molecule has 2 aromatic rings. The normalized spacial score (nSPS) is 10.4. The SMILES string of the molecule is CCNc1nc(Cl)nc(NCc2ccc(Br)s2)n1. The van der Waals surface area contributed by atoms with Crippen molar-refractivity contribution in [1.29, 1.82) is 0 Å². The van der Waals surface area contributed by atoms with Gasteiger partial charge in [-0.25, -0.2) is 0 Å². The lowest BCUT2D eigenvalue weighted by atomic mass is 10.5. The highest BCUT2D eigenvalue weighted by Gasteiger charge is 2.04. The maximum atomic E-state index is 5.82. The maximum absolute atomic E-state index is 5.82. The molecule has 5 nitrogen and oxygen atoms in total. The standard InChI is InChI=1S/C10H11BrClN5S/c1-2-13-9-15-8(12)16-10(17-9)14-5-6-3-4-7(11)18-6/h3-4H,2,5H2,1H3,(H2,13,14,15,16,17). The molecule has 0 radical (unpaired) electrons. The van der Waals surface area contributed by atoms with Crippen molar-refractivity contribution in [1.82, 2.24) is 15.0 Å². The molecule has 2 rings (SSSR count). The molecule has 0 aliphatic heterocycles. The molecule has 0 aromatic carbocycles. The summed E-state index contributed by atoms with van der Waals surface area (Å²) in [5.41, 5.74) is 0. The van der Waals surface area contributed by atoms with Crippen LogP contribution in [0.1, 0.15) is 11.8 Å². The van der Waals surface area contributed by atoms with E-state index in [4.69, 9.17) is 11.6 Å². The van der Waals surface area contributed by atoms with E-state index in [2.05, 4.69) is 41.5 Å². The smallest absolute Gasteiger partial charge is 0.229 e. The fourth-order valence-corrected chi connectivity index (χ4v) is 2.86. The molecule has 0 aliphatic rings. The highest BCUT2D eigenvalue weighted by Crippen LogP contribution is 2.22. The van der Waals surface area contributed by atoms with Crippen LogP contribution in [0.2, 0.25) is 5.28 Å². The van der Waals surface area contributed by atoms with Crippen LogP contribution in [0.15, 0.2) is 15.9 Å². The number of thiophene rings is 1. The van der Waals surface area contributed by atoms with Gasteiger partial charge in [0, 0.05) is 11.4 Å². The lowest BCUT2D eigenvalue weighted by molar-refractivity contribution is 0.993. The second kappa shape index (κ2) is 6.31. The summed E-state index contributed by atoms with van der Waals surface area (Å²) in [5.74, 6) is 0.947. The molecule has 18 heavy (non-hydrogen) atoms. The lowest BCUT2D eigenvalue weighted by Crippen LogP contribution is -2.08. The van der Waals surface area contributed by atoms with Crippen LogP contribution in [0.25, 0.3) is 0 Å². The van der Waals surface area contributed by atoms with Crippen LogP contribution >= 0.6 is 38.9 Å². The quantitative estimate of drug-likeness (QED) is 0.867. The molecule has 0 atom stereocenters. The Bertz CT molecular complexity index is 533. The van der Waals surface area contributed by atoms with Gasteiger partial charge in [-0.05, 0) is 46.6 Å². The number of nitrogens with one attached hydrogen (secondary N) is 2. The third-order valence-corrected chi connectivity index (χ3v) is 3.79. The maximum Gasteiger partial charge on any atom is 0.229 e. The summed E-state index contributed by atoms with van der Waals surface area (Å²) >= 11 is 10.9. The average molecular weight is 349 g/mol. The van der Waals surface area contributed by atoms with E-state index < -0.39 is 0 Å². The van der Waals surface area contributed by atoms with E-state index in [1.54, 1.807) is 11.3 Å². The summed E-state index contributed by atoms with van der Waals surface area (Å²) in [6.45, 7) is 3.35.